The van der Waals surface area contributed by atoms with Crippen molar-refractivity contribution in [3.05, 3.63) is 53.1 Å². The van der Waals surface area contributed by atoms with Gasteiger partial charge in [0.1, 0.15) is 0 Å². The first-order chi connectivity index (χ1) is 12.8. The third-order valence-electron chi connectivity index (χ3n) is 3.98. The van der Waals surface area contributed by atoms with Crippen LogP contribution in [-0.2, 0) is 14.4 Å². The van der Waals surface area contributed by atoms with Crippen LogP contribution in [0.15, 0.2) is 42.5 Å². The summed E-state index contributed by atoms with van der Waals surface area (Å²) in [4.78, 5) is 36.9. The molecule has 0 saturated heterocycles. The number of hydrogen-bond acceptors (Lipinski definition) is 3. The summed E-state index contributed by atoms with van der Waals surface area (Å²) in [5.74, 6) is -0.547. The molecule has 142 valence electrons. The van der Waals surface area contributed by atoms with E-state index in [0.717, 1.165) is 5.56 Å². The lowest BCUT2D eigenvalue weighted by Crippen LogP contribution is -2.32. The number of benzene rings is 2. The van der Waals surface area contributed by atoms with Crippen molar-refractivity contribution in [2.24, 2.45) is 0 Å². The lowest BCUT2D eigenvalue weighted by atomic mass is 10.2. The molecule has 7 heteroatoms. The Morgan fingerprint density at radius 2 is 1.67 bits per heavy atom. The Bertz CT molecular complexity index is 850. The Kier molecular flexibility index (Phi) is 6.96. The molecule has 0 heterocycles. The number of nitrogens with one attached hydrogen (secondary N) is 2. The second kappa shape index (κ2) is 9.19. The standard InChI is InChI=1S/C20H22ClN3O3/c1-13-18(21)5-4-6-19(13)23-20(27)11-12-24(15(3)26)17-9-7-16(8-10-17)22-14(2)25/h4-10H,11-12H2,1-3H3,(H,22,25)(H,23,27). The van der Waals surface area contributed by atoms with Crippen molar-refractivity contribution < 1.29 is 14.4 Å². The lowest BCUT2D eigenvalue weighted by Gasteiger charge is -2.21. The van der Waals surface area contributed by atoms with E-state index < -0.39 is 0 Å². The fraction of sp³-hybridized carbons (Fsp3) is 0.250. The lowest BCUT2D eigenvalue weighted by molar-refractivity contribution is -0.117. The zero-order valence-corrected chi connectivity index (χ0v) is 16.3. The molecule has 0 aliphatic carbocycles. The second-order valence-electron chi connectivity index (χ2n) is 6.11. The zero-order chi connectivity index (χ0) is 20.0. The van der Waals surface area contributed by atoms with Crippen LogP contribution in [0.3, 0.4) is 0 Å². The monoisotopic (exact) mass is 387 g/mol. The minimum absolute atomic E-state index is 0.138. The van der Waals surface area contributed by atoms with E-state index in [2.05, 4.69) is 10.6 Å². The first-order valence-corrected chi connectivity index (χ1v) is 8.86. The molecule has 0 saturated carbocycles. The van der Waals surface area contributed by atoms with Crippen LogP contribution in [0, 0.1) is 6.92 Å². The molecule has 0 bridgehead atoms. The molecule has 2 rings (SSSR count). The van der Waals surface area contributed by atoms with Gasteiger partial charge in [0.25, 0.3) is 0 Å². The average molecular weight is 388 g/mol. The topological polar surface area (TPSA) is 78.5 Å². The van der Waals surface area contributed by atoms with Gasteiger partial charge in [0.05, 0.1) is 0 Å². The van der Waals surface area contributed by atoms with Crippen LogP contribution in [-0.4, -0.2) is 24.3 Å². The van der Waals surface area contributed by atoms with Crippen LogP contribution >= 0.6 is 11.6 Å². The van der Waals surface area contributed by atoms with Crippen molar-refractivity contribution in [3.8, 4) is 0 Å². The van der Waals surface area contributed by atoms with Gasteiger partial charge in [-0.1, -0.05) is 17.7 Å². The highest BCUT2D eigenvalue weighted by Gasteiger charge is 2.14. The molecular formula is C20H22ClN3O3. The van der Waals surface area contributed by atoms with Crippen LogP contribution in [0.1, 0.15) is 25.8 Å². The third kappa shape index (κ3) is 5.82. The van der Waals surface area contributed by atoms with Gasteiger partial charge in [-0.3, -0.25) is 14.4 Å². The Morgan fingerprint density at radius 3 is 2.26 bits per heavy atom. The van der Waals surface area contributed by atoms with E-state index >= 15 is 0 Å². The van der Waals surface area contributed by atoms with Crippen molar-refractivity contribution in [1.82, 2.24) is 0 Å². The summed E-state index contributed by atoms with van der Waals surface area (Å²) in [7, 11) is 0. The fourth-order valence-corrected chi connectivity index (χ4v) is 2.74. The summed E-state index contributed by atoms with van der Waals surface area (Å²) in [6.07, 6.45) is 0.138. The smallest absolute Gasteiger partial charge is 0.226 e. The van der Waals surface area contributed by atoms with Crippen LogP contribution in [0.25, 0.3) is 0 Å². The fourth-order valence-electron chi connectivity index (χ4n) is 2.57. The maximum absolute atomic E-state index is 12.3. The van der Waals surface area contributed by atoms with E-state index in [0.29, 0.717) is 22.1 Å². The Morgan fingerprint density at radius 1 is 1.00 bits per heavy atom. The molecule has 2 aromatic rings. The van der Waals surface area contributed by atoms with Crippen molar-refractivity contribution in [2.45, 2.75) is 27.2 Å². The average Bonchev–Trinajstić information content (AvgIpc) is 2.60. The molecule has 0 fully saturated rings. The maximum atomic E-state index is 12.3. The molecule has 0 aliphatic rings. The van der Waals surface area contributed by atoms with E-state index in [9.17, 15) is 14.4 Å². The summed E-state index contributed by atoms with van der Waals surface area (Å²) >= 11 is 6.06. The minimum atomic E-state index is -0.207. The molecule has 27 heavy (non-hydrogen) atoms. The summed E-state index contributed by atoms with van der Waals surface area (Å²) in [5, 5.41) is 6.07. The van der Waals surface area contributed by atoms with Gasteiger partial charge in [-0.05, 0) is 48.9 Å². The van der Waals surface area contributed by atoms with Gasteiger partial charge in [-0.15, -0.1) is 0 Å². The first-order valence-electron chi connectivity index (χ1n) is 8.48. The number of halogens is 1. The van der Waals surface area contributed by atoms with Crippen molar-refractivity contribution in [2.75, 3.05) is 22.1 Å². The molecule has 6 nitrogen and oxygen atoms in total. The largest absolute Gasteiger partial charge is 0.326 e. The normalized spacial score (nSPS) is 10.2. The predicted octanol–water partition coefficient (Wildman–Crippen LogP) is 3.99. The highest BCUT2D eigenvalue weighted by Crippen LogP contribution is 2.23. The number of nitrogens with zero attached hydrogens (tertiary/aromatic N) is 1. The molecule has 2 aromatic carbocycles. The Hall–Kier alpha value is -2.86. The van der Waals surface area contributed by atoms with Gasteiger partial charge >= 0.3 is 0 Å². The zero-order valence-electron chi connectivity index (χ0n) is 15.5. The van der Waals surface area contributed by atoms with Crippen LogP contribution < -0.4 is 15.5 Å². The summed E-state index contributed by atoms with van der Waals surface area (Å²) in [5.41, 5.74) is 2.75. The molecule has 2 N–H and O–H groups in total. The van der Waals surface area contributed by atoms with Gasteiger partial charge in [0.2, 0.25) is 17.7 Å². The predicted molar refractivity (Wildman–Crippen MR) is 108 cm³/mol. The molecule has 3 amide bonds. The number of rotatable bonds is 6. The van der Waals surface area contributed by atoms with E-state index in [1.165, 1.54) is 18.7 Å². The van der Waals surface area contributed by atoms with E-state index in [-0.39, 0.29) is 30.7 Å². The van der Waals surface area contributed by atoms with E-state index in [4.69, 9.17) is 11.6 Å². The van der Waals surface area contributed by atoms with E-state index in [1.54, 1.807) is 42.5 Å². The van der Waals surface area contributed by atoms with Gasteiger partial charge in [0, 0.05) is 48.9 Å². The number of amides is 3. The molecule has 0 radical (unpaired) electrons. The molecular weight excluding hydrogens is 366 g/mol. The summed E-state index contributed by atoms with van der Waals surface area (Å²) in [6.45, 7) is 4.94. The molecule has 0 spiro atoms. The first kappa shape index (κ1) is 20.5. The molecule has 0 aliphatic heterocycles. The number of hydrogen-bond donors (Lipinski definition) is 2. The summed E-state index contributed by atoms with van der Waals surface area (Å²) in [6, 6.07) is 12.2. The number of carbonyl (C=O) groups excluding carboxylic acids is 3. The van der Waals surface area contributed by atoms with Crippen LogP contribution in [0.4, 0.5) is 17.1 Å². The SMILES string of the molecule is CC(=O)Nc1ccc(N(CCC(=O)Nc2cccc(Cl)c2C)C(C)=O)cc1. The molecule has 0 unspecified atom stereocenters. The number of carbonyl (C=O) groups is 3. The van der Waals surface area contributed by atoms with Crippen molar-refractivity contribution >= 4 is 46.4 Å². The van der Waals surface area contributed by atoms with E-state index in [1.807, 2.05) is 6.92 Å². The van der Waals surface area contributed by atoms with Crippen molar-refractivity contribution in [1.29, 1.82) is 0 Å². The van der Waals surface area contributed by atoms with Crippen molar-refractivity contribution in [3.63, 3.8) is 0 Å². The van der Waals surface area contributed by atoms with Gasteiger partial charge < -0.3 is 15.5 Å². The maximum Gasteiger partial charge on any atom is 0.226 e. The minimum Gasteiger partial charge on any atom is -0.326 e. The highest BCUT2D eigenvalue weighted by atomic mass is 35.5. The summed E-state index contributed by atoms with van der Waals surface area (Å²) < 4.78 is 0. The Balaban J connectivity index is 2.01. The molecule has 0 aromatic heterocycles. The highest BCUT2D eigenvalue weighted by molar-refractivity contribution is 6.31. The van der Waals surface area contributed by atoms with Gasteiger partial charge in [0.15, 0.2) is 0 Å². The molecule has 0 atom stereocenters. The number of anilines is 3. The quantitative estimate of drug-likeness (QED) is 0.786. The van der Waals surface area contributed by atoms with Gasteiger partial charge in [-0.2, -0.15) is 0 Å². The third-order valence-corrected chi connectivity index (χ3v) is 4.39. The Labute approximate surface area is 163 Å². The second-order valence-corrected chi connectivity index (χ2v) is 6.52. The van der Waals surface area contributed by atoms with Crippen LogP contribution in [0.5, 0.6) is 0 Å². The van der Waals surface area contributed by atoms with Crippen LogP contribution in [0.2, 0.25) is 5.02 Å². The van der Waals surface area contributed by atoms with Gasteiger partial charge in [-0.25, -0.2) is 0 Å².